The van der Waals surface area contributed by atoms with E-state index in [4.69, 9.17) is 16.0 Å². The Bertz CT molecular complexity index is 1410. The molecule has 0 radical (unpaired) electrons. The van der Waals surface area contributed by atoms with Gasteiger partial charge in [0, 0.05) is 51.5 Å². The highest BCUT2D eigenvalue weighted by Gasteiger charge is 2.37. The maximum absolute atomic E-state index is 12.8. The van der Waals surface area contributed by atoms with Gasteiger partial charge in [0.2, 0.25) is 5.52 Å². The molecule has 0 amide bonds. The molecule has 9 heteroatoms. The number of nitrogens with zero attached hydrogens (tertiary/aromatic N) is 6. The summed E-state index contributed by atoms with van der Waals surface area (Å²) < 4.78 is 13.1. The van der Waals surface area contributed by atoms with Crippen LogP contribution >= 0.6 is 0 Å². The molecule has 2 fully saturated rings. The Balaban J connectivity index is 1.36. The van der Waals surface area contributed by atoms with Crippen LogP contribution < -0.4 is 15.3 Å². The van der Waals surface area contributed by atoms with Crippen molar-refractivity contribution in [1.82, 2.24) is 19.4 Å². The van der Waals surface area contributed by atoms with Crippen LogP contribution in [0.4, 0.5) is 11.6 Å². The van der Waals surface area contributed by atoms with Crippen molar-refractivity contribution in [2.75, 3.05) is 37.8 Å². The van der Waals surface area contributed by atoms with E-state index in [1.807, 2.05) is 0 Å². The van der Waals surface area contributed by atoms with Crippen molar-refractivity contribution >= 4 is 22.7 Å². The van der Waals surface area contributed by atoms with E-state index in [0.717, 1.165) is 64.3 Å². The van der Waals surface area contributed by atoms with Crippen molar-refractivity contribution in [1.29, 1.82) is 0 Å². The van der Waals surface area contributed by atoms with Crippen molar-refractivity contribution in [3.8, 4) is 5.75 Å². The lowest BCUT2D eigenvalue weighted by atomic mass is 9.96. The number of ether oxygens (including phenoxy) is 2. The first kappa shape index (κ1) is 28.1. The van der Waals surface area contributed by atoms with E-state index < -0.39 is 0 Å². The van der Waals surface area contributed by atoms with E-state index >= 15 is 0 Å². The number of aryl methyl sites for hydroxylation is 1. The number of piperazine rings is 1. The molecule has 212 valence electrons. The SMILES string of the molecule is [C-]#[N+]c1ccc2c(n1)c(N1C[C@@H](CC)N(C(CC)c3ccc(OCC4CCOCC4)cc3)C[C@@H]1C)nc(=O)n2C. The standard InChI is InChI=1S/C31H40N6O3/c1-6-24-19-36(30-29-27(35(5)31(38)34-30)12-13-28(32-4)33-29)21(3)18-37(24)26(7-2)23-8-10-25(11-9-23)40-20-22-14-16-39-17-15-22/h8-13,21-22,24,26H,6-7,14-20H2,1-3,5H3/t21-,24+,26?/m0/s1. The van der Waals surface area contributed by atoms with Gasteiger partial charge in [0.1, 0.15) is 5.75 Å². The zero-order chi connectivity index (χ0) is 28.2. The Morgan fingerprint density at radius 2 is 1.85 bits per heavy atom. The van der Waals surface area contributed by atoms with Crippen LogP contribution in [0, 0.1) is 12.5 Å². The van der Waals surface area contributed by atoms with Gasteiger partial charge in [-0.25, -0.2) is 4.79 Å². The van der Waals surface area contributed by atoms with Crippen molar-refractivity contribution in [2.24, 2.45) is 13.0 Å². The lowest BCUT2D eigenvalue weighted by Crippen LogP contribution is -2.58. The fourth-order valence-corrected chi connectivity index (χ4v) is 6.14. The molecule has 0 bridgehead atoms. The van der Waals surface area contributed by atoms with E-state index in [0.29, 0.717) is 28.6 Å². The van der Waals surface area contributed by atoms with Gasteiger partial charge >= 0.3 is 5.69 Å². The minimum atomic E-state index is -0.312. The number of hydrogen-bond donors (Lipinski definition) is 0. The Labute approximate surface area is 236 Å². The monoisotopic (exact) mass is 544 g/mol. The summed E-state index contributed by atoms with van der Waals surface area (Å²) in [5, 5.41) is 0. The van der Waals surface area contributed by atoms with Gasteiger partial charge in [-0.3, -0.25) is 9.47 Å². The van der Waals surface area contributed by atoms with E-state index in [2.05, 4.69) is 69.6 Å². The number of pyridine rings is 1. The Morgan fingerprint density at radius 1 is 1.10 bits per heavy atom. The summed E-state index contributed by atoms with van der Waals surface area (Å²) >= 11 is 0. The van der Waals surface area contributed by atoms with E-state index in [1.54, 1.807) is 19.2 Å². The highest BCUT2D eigenvalue weighted by Crippen LogP contribution is 2.35. The number of rotatable bonds is 8. The molecule has 0 aliphatic carbocycles. The van der Waals surface area contributed by atoms with Crippen molar-refractivity contribution in [3.63, 3.8) is 0 Å². The summed E-state index contributed by atoms with van der Waals surface area (Å²) in [4.78, 5) is 30.2. The average Bonchev–Trinajstić information content (AvgIpc) is 2.99. The summed E-state index contributed by atoms with van der Waals surface area (Å²) in [5.41, 5.74) is 2.28. The summed E-state index contributed by atoms with van der Waals surface area (Å²) in [7, 11) is 1.70. The van der Waals surface area contributed by atoms with E-state index in [9.17, 15) is 4.79 Å². The lowest BCUT2D eigenvalue weighted by molar-refractivity contribution is 0.0497. The molecule has 4 heterocycles. The number of hydrogen-bond acceptors (Lipinski definition) is 7. The summed E-state index contributed by atoms with van der Waals surface area (Å²) in [6, 6.07) is 12.7. The normalized spacial score (nSPS) is 21.3. The zero-order valence-corrected chi connectivity index (χ0v) is 24.0. The van der Waals surface area contributed by atoms with Crippen LogP contribution in [0.25, 0.3) is 15.9 Å². The molecule has 2 aromatic heterocycles. The number of anilines is 1. The fraction of sp³-hybridized carbons (Fsp3) is 0.548. The van der Waals surface area contributed by atoms with Crippen LogP contribution in [0.1, 0.15) is 58.1 Å². The molecule has 2 aliphatic rings. The van der Waals surface area contributed by atoms with Crippen LogP contribution in [-0.4, -0.2) is 64.4 Å². The third-order valence-corrected chi connectivity index (χ3v) is 8.54. The predicted molar refractivity (Wildman–Crippen MR) is 157 cm³/mol. The molecule has 40 heavy (non-hydrogen) atoms. The largest absolute Gasteiger partial charge is 0.493 e. The molecule has 2 aliphatic heterocycles. The topological polar surface area (TPSA) is 77.1 Å². The van der Waals surface area contributed by atoms with Crippen LogP contribution in [-0.2, 0) is 11.8 Å². The second-order valence-corrected chi connectivity index (χ2v) is 11.0. The quantitative estimate of drug-likeness (QED) is 0.364. The number of fused-ring (bicyclic) bond motifs is 1. The van der Waals surface area contributed by atoms with Crippen LogP contribution in [0.5, 0.6) is 5.75 Å². The van der Waals surface area contributed by atoms with Crippen molar-refractivity contribution < 1.29 is 9.47 Å². The first-order valence-electron chi connectivity index (χ1n) is 14.5. The van der Waals surface area contributed by atoms with E-state index in [1.165, 1.54) is 10.1 Å². The fourth-order valence-electron chi connectivity index (χ4n) is 6.14. The maximum Gasteiger partial charge on any atom is 0.350 e. The van der Waals surface area contributed by atoms with Gasteiger partial charge in [0.25, 0.3) is 5.82 Å². The summed E-state index contributed by atoms with van der Waals surface area (Å²) in [5.74, 6) is 2.37. The Hall–Kier alpha value is -3.48. The molecule has 0 saturated carbocycles. The lowest BCUT2D eigenvalue weighted by Gasteiger charge is -2.48. The Morgan fingerprint density at radius 3 is 2.52 bits per heavy atom. The van der Waals surface area contributed by atoms with Crippen molar-refractivity contribution in [3.05, 3.63) is 63.9 Å². The second kappa shape index (κ2) is 12.4. The van der Waals surface area contributed by atoms with Crippen molar-refractivity contribution in [2.45, 2.75) is 64.6 Å². The highest BCUT2D eigenvalue weighted by atomic mass is 16.5. The number of aromatic nitrogens is 3. The molecular formula is C31H40N6O3. The minimum absolute atomic E-state index is 0.111. The molecular weight excluding hydrogens is 504 g/mol. The Kier molecular flexibility index (Phi) is 8.67. The van der Waals surface area contributed by atoms with Gasteiger partial charge in [-0.05, 0) is 68.4 Å². The number of benzene rings is 1. The summed E-state index contributed by atoms with van der Waals surface area (Å²) in [6.07, 6.45) is 4.10. The molecule has 0 N–H and O–H groups in total. The molecule has 0 spiro atoms. The van der Waals surface area contributed by atoms with Crippen LogP contribution in [0.15, 0.2) is 41.2 Å². The van der Waals surface area contributed by atoms with E-state index in [-0.39, 0.29) is 23.8 Å². The first-order chi connectivity index (χ1) is 19.4. The molecule has 2 saturated heterocycles. The van der Waals surface area contributed by atoms with Gasteiger partial charge < -0.3 is 19.2 Å². The molecule has 1 unspecified atom stereocenters. The van der Waals surface area contributed by atoms with Gasteiger partial charge in [0.15, 0.2) is 5.82 Å². The molecule has 1 aromatic carbocycles. The molecule has 3 aromatic rings. The third-order valence-electron chi connectivity index (χ3n) is 8.54. The first-order valence-corrected chi connectivity index (χ1v) is 14.5. The molecule has 3 atom stereocenters. The van der Waals surface area contributed by atoms with Gasteiger partial charge in [-0.15, -0.1) is 4.98 Å². The molecule has 9 nitrogen and oxygen atoms in total. The maximum atomic E-state index is 12.8. The molecule has 5 rings (SSSR count). The smallest absolute Gasteiger partial charge is 0.350 e. The summed E-state index contributed by atoms with van der Waals surface area (Å²) in [6.45, 7) is 18.1. The van der Waals surface area contributed by atoms with Gasteiger partial charge in [-0.1, -0.05) is 32.6 Å². The third kappa shape index (κ3) is 5.70. The van der Waals surface area contributed by atoms with Gasteiger partial charge in [0.05, 0.1) is 12.1 Å². The highest BCUT2D eigenvalue weighted by molar-refractivity contribution is 5.87. The predicted octanol–water partition coefficient (Wildman–Crippen LogP) is 5.13. The second-order valence-electron chi connectivity index (χ2n) is 11.0. The zero-order valence-electron chi connectivity index (χ0n) is 24.0. The van der Waals surface area contributed by atoms with Crippen LogP contribution in [0.3, 0.4) is 0 Å². The average molecular weight is 545 g/mol. The van der Waals surface area contributed by atoms with Crippen LogP contribution in [0.2, 0.25) is 0 Å². The van der Waals surface area contributed by atoms with Gasteiger partial charge in [-0.2, -0.15) is 4.98 Å². The minimum Gasteiger partial charge on any atom is -0.493 e.